The molecule has 4 nitrogen and oxygen atoms in total. The number of nitrogens with one attached hydrogen (secondary N) is 1. The van der Waals surface area contributed by atoms with Crippen molar-refractivity contribution in [2.45, 2.75) is 32.4 Å². The van der Waals surface area contributed by atoms with Crippen LogP contribution in [0.5, 0.6) is 0 Å². The molecule has 0 bridgehead atoms. The molecule has 2 rings (SSSR count). The van der Waals surface area contributed by atoms with E-state index in [1.807, 2.05) is 24.5 Å². The molecule has 0 aliphatic rings. The third-order valence-electron chi connectivity index (χ3n) is 3.13. The second kappa shape index (κ2) is 6.84. The number of nitrogens with two attached hydrogens (primary N) is 1. The van der Waals surface area contributed by atoms with Crippen LogP contribution in [0.3, 0.4) is 0 Å². The van der Waals surface area contributed by atoms with Gasteiger partial charge in [0.25, 0.3) is 0 Å². The maximum atomic E-state index is 5.68. The van der Waals surface area contributed by atoms with Crippen LogP contribution in [0.25, 0.3) is 0 Å². The fourth-order valence-corrected chi connectivity index (χ4v) is 2.39. The first kappa shape index (κ1) is 14.2. The maximum absolute atomic E-state index is 5.68. The van der Waals surface area contributed by atoms with Gasteiger partial charge in [-0.15, -0.1) is 0 Å². The summed E-state index contributed by atoms with van der Waals surface area (Å²) in [6, 6.07) is 8.27. The molecule has 1 aromatic carbocycles. The monoisotopic (exact) mass is 322 g/mol. The van der Waals surface area contributed by atoms with Crippen LogP contribution in [0.15, 0.2) is 41.1 Å². The standard InChI is InChI=1S/C14H19BrN4/c1-2-8-19-9-7-17-14(19)10-13(18-16)11-3-5-12(15)6-4-11/h3-7,9,13,18H,2,8,10,16H2,1H3. The summed E-state index contributed by atoms with van der Waals surface area (Å²) in [5, 5.41) is 0. The van der Waals surface area contributed by atoms with E-state index in [4.69, 9.17) is 5.84 Å². The first-order chi connectivity index (χ1) is 9.24. The normalized spacial score (nSPS) is 12.6. The Labute approximate surface area is 122 Å². The summed E-state index contributed by atoms with van der Waals surface area (Å²) >= 11 is 3.44. The first-order valence-corrected chi connectivity index (χ1v) is 7.25. The van der Waals surface area contributed by atoms with Crippen molar-refractivity contribution in [2.24, 2.45) is 5.84 Å². The molecule has 0 radical (unpaired) electrons. The van der Waals surface area contributed by atoms with E-state index in [0.29, 0.717) is 0 Å². The number of imidazole rings is 1. The Morgan fingerprint density at radius 2 is 2.11 bits per heavy atom. The number of nitrogens with zero attached hydrogens (tertiary/aromatic N) is 2. The predicted molar refractivity (Wildman–Crippen MR) is 80.4 cm³/mol. The van der Waals surface area contributed by atoms with E-state index in [2.05, 4.69) is 50.0 Å². The van der Waals surface area contributed by atoms with Gasteiger partial charge in [0.1, 0.15) is 5.82 Å². The molecule has 102 valence electrons. The molecule has 0 aliphatic carbocycles. The summed E-state index contributed by atoms with van der Waals surface area (Å²) in [6.07, 6.45) is 5.75. The van der Waals surface area contributed by atoms with Crippen molar-refractivity contribution < 1.29 is 0 Å². The van der Waals surface area contributed by atoms with Gasteiger partial charge in [-0.2, -0.15) is 0 Å². The van der Waals surface area contributed by atoms with Crippen LogP contribution in [0.1, 0.15) is 30.8 Å². The Morgan fingerprint density at radius 3 is 2.74 bits per heavy atom. The molecule has 19 heavy (non-hydrogen) atoms. The quantitative estimate of drug-likeness (QED) is 0.635. The minimum absolute atomic E-state index is 0.0751. The number of rotatable bonds is 6. The maximum Gasteiger partial charge on any atom is 0.110 e. The van der Waals surface area contributed by atoms with Crippen molar-refractivity contribution in [1.82, 2.24) is 15.0 Å². The smallest absolute Gasteiger partial charge is 0.110 e. The minimum atomic E-state index is 0.0751. The van der Waals surface area contributed by atoms with Gasteiger partial charge in [0.05, 0.1) is 6.04 Å². The summed E-state index contributed by atoms with van der Waals surface area (Å²) < 4.78 is 3.25. The molecule has 0 aliphatic heterocycles. The summed E-state index contributed by atoms with van der Waals surface area (Å²) in [5.74, 6) is 6.75. The summed E-state index contributed by atoms with van der Waals surface area (Å²) in [4.78, 5) is 4.42. The number of hydrogen-bond donors (Lipinski definition) is 2. The topological polar surface area (TPSA) is 55.9 Å². The third kappa shape index (κ3) is 3.65. The predicted octanol–water partition coefficient (Wildman–Crippen LogP) is 2.80. The van der Waals surface area contributed by atoms with E-state index >= 15 is 0 Å². The Kier molecular flexibility index (Phi) is 5.13. The zero-order valence-electron chi connectivity index (χ0n) is 11.0. The van der Waals surface area contributed by atoms with Gasteiger partial charge in [0, 0.05) is 29.8 Å². The third-order valence-corrected chi connectivity index (χ3v) is 3.66. The molecule has 1 heterocycles. The lowest BCUT2D eigenvalue weighted by Gasteiger charge is -2.17. The molecule has 0 saturated heterocycles. The number of aryl methyl sites for hydroxylation is 1. The molecule has 1 atom stereocenters. The second-order valence-corrected chi connectivity index (χ2v) is 5.43. The fraction of sp³-hybridized carbons (Fsp3) is 0.357. The van der Waals surface area contributed by atoms with Crippen molar-refractivity contribution in [2.75, 3.05) is 0 Å². The Morgan fingerprint density at radius 1 is 1.37 bits per heavy atom. The largest absolute Gasteiger partial charge is 0.335 e. The van der Waals surface area contributed by atoms with Crippen LogP contribution in [0, 0.1) is 0 Å². The van der Waals surface area contributed by atoms with Crippen LogP contribution in [-0.4, -0.2) is 9.55 Å². The van der Waals surface area contributed by atoms with Gasteiger partial charge in [-0.3, -0.25) is 11.3 Å². The van der Waals surface area contributed by atoms with Crippen LogP contribution >= 0.6 is 15.9 Å². The van der Waals surface area contributed by atoms with E-state index in [1.165, 1.54) is 0 Å². The molecular weight excluding hydrogens is 304 g/mol. The molecule has 1 aromatic heterocycles. The van der Waals surface area contributed by atoms with Gasteiger partial charge >= 0.3 is 0 Å². The fourth-order valence-electron chi connectivity index (χ4n) is 2.13. The molecule has 0 fully saturated rings. The van der Waals surface area contributed by atoms with Gasteiger partial charge < -0.3 is 4.57 Å². The number of halogens is 1. The van der Waals surface area contributed by atoms with Gasteiger partial charge in [0.15, 0.2) is 0 Å². The molecule has 2 aromatic rings. The molecule has 3 N–H and O–H groups in total. The van der Waals surface area contributed by atoms with Crippen LogP contribution in [-0.2, 0) is 13.0 Å². The second-order valence-electron chi connectivity index (χ2n) is 4.51. The van der Waals surface area contributed by atoms with Crippen molar-refractivity contribution in [3.8, 4) is 0 Å². The highest BCUT2D eigenvalue weighted by Gasteiger charge is 2.13. The lowest BCUT2D eigenvalue weighted by Crippen LogP contribution is -2.30. The van der Waals surface area contributed by atoms with Crippen molar-refractivity contribution in [3.63, 3.8) is 0 Å². The van der Waals surface area contributed by atoms with Gasteiger partial charge in [-0.25, -0.2) is 4.98 Å². The number of aromatic nitrogens is 2. The molecule has 5 heteroatoms. The number of hydrazine groups is 1. The van der Waals surface area contributed by atoms with Crippen molar-refractivity contribution in [3.05, 3.63) is 52.5 Å². The molecule has 1 unspecified atom stereocenters. The highest BCUT2D eigenvalue weighted by molar-refractivity contribution is 9.10. The highest BCUT2D eigenvalue weighted by Crippen LogP contribution is 2.19. The highest BCUT2D eigenvalue weighted by atomic mass is 79.9. The lowest BCUT2D eigenvalue weighted by molar-refractivity contribution is 0.517. The molecule has 0 spiro atoms. The first-order valence-electron chi connectivity index (χ1n) is 6.46. The Bertz CT molecular complexity index is 506. The van der Waals surface area contributed by atoms with Crippen molar-refractivity contribution >= 4 is 15.9 Å². The number of benzene rings is 1. The van der Waals surface area contributed by atoms with E-state index in [1.54, 1.807) is 0 Å². The zero-order chi connectivity index (χ0) is 13.7. The molecule has 0 amide bonds. The van der Waals surface area contributed by atoms with E-state index < -0.39 is 0 Å². The average molecular weight is 323 g/mol. The molecule has 0 saturated carbocycles. The zero-order valence-corrected chi connectivity index (χ0v) is 12.6. The van der Waals surface area contributed by atoms with Crippen molar-refractivity contribution in [1.29, 1.82) is 0 Å². The summed E-state index contributed by atoms with van der Waals surface area (Å²) in [6.45, 7) is 3.16. The van der Waals surface area contributed by atoms with Crippen LogP contribution < -0.4 is 11.3 Å². The van der Waals surface area contributed by atoms with E-state index in [0.717, 1.165) is 35.2 Å². The Balaban J connectivity index is 2.14. The summed E-state index contributed by atoms with van der Waals surface area (Å²) in [7, 11) is 0. The van der Waals surface area contributed by atoms with E-state index in [-0.39, 0.29) is 6.04 Å². The molecular formula is C14H19BrN4. The van der Waals surface area contributed by atoms with Crippen LogP contribution in [0.2, 0.25) is 0 Å². The Hall–Kier alpha value is -1.17. The minimum Gasteiger partial charge on any atom is -0.335 e. The van der Waals surface area contributed by atoms with Gasteiger partial charge in [-0.05, 0) is 24.1 Å². The lowest BCUT2D eigenvalue weighted by atomic mass is 10.0. The number of hydrogen-bond acceptors (Lipinski definition) is 3. The van der Waals surface area contributed by atoms with Gasteiger partial charge in [0.2, 0.25) is 0 Å². The van der Waals surface area contributed by atoms with Gasteiger partial charge in [-0.1, -0.05) is 35.0 Å². The average Bonchev–Trinajstić information content (AvgIpc) is 2.85. The SMILES string of the molecule is CCCn1ccnc1CC(NN)c1ccc(Br)cc1. The van der Waals surface area contributed by atoms with Crippen LogP contribution in [0.4, 0.5) is 0 Å². The summed E-state index contributed by atoms with van der Waals surface area (Å²) in [5.41, 5.74) is 4.04. The van der Waals surface area contributed by atoms with E-state index in [9.17, 15) is 0 Å².